The van der Waals surface area contributed by atoms with E-state index in [2.05, 4.69) is 29.0 Å². The van der Waals surface area contributed by atoms with E-state index >= 15 is 0 Å². The molecule has 0 aliphatic carbocycles. The van der Waals surface area contributed by atoms with Crippen LogP contribution in [0.15, 0.2) is 53.9 Å². The van der Waals surface area contributed by atoms with E-state index in [1.807, 2.05) is 52.8 Å². The van der Waals surface area contributed by atoms with Crippen LogP contribution in [0, 0.1) is 11.8 Å². The highest BCUT2D eigenvalue weighted by atomic mass is 32.2. The van der Waals surface area contributed by atoms with Crippen molar-refractivity contribution in [1.82, 2.24) is 24.6 Å². The predicted octanol–water partition coefficient (Wildman–Crippen LogP) is 4.32. The molecular weight excluding hydrogens is 422 g/mol. The molecule has 0 radical (unpaired) electrons. The number of likely N-dealkylation sites (tertiary alicyclic amines) is 1. The predicted molar refractivity (Wildman–Crippen MR) is 126 cm³/mol. The van der Waals surface area contributed by atoms with Crippen molar-refractivity contribution >= 4 is 17.7 Å². The molecule has 7 nitrogen and oxygen atoms in total. The van der Waals surface area contributed by atoms with Gasteiger partial charge in [0.15, 0.2) is 11.0 Å². The summed E-state index contributed by atoms with van der Waals surface area (Å²) in [4.78, 5) is 19.3. The smallest absolute Gasteiger partial charge is 0.235 e. The van der Waals surface area contributed by atoms with Gasteiger partial charge in [-0.05, 0) is 61.6 Å². The van der Waals surface area contributed by atoms with Crippen molar-refractivity contribution in [3.63, 3.8) is 0 Å². The minimum Gasteiger partial charge on any atom is -0.497 e. The van der Waals surface area contributed by atoms with E-state index in [1.54, 1.807) is 19.5 Å². The molecule has 1 amide bonds. The molecule has 32 heavy (non-hydrogen) atoms. The van der Waals surface area contributed by atoms with Gasteiger partial charge in [-0.15, -0.1) is 10.2 Å². The van der Waals surface area contributed by atoms with Crippen molar-refractivity contribution < 1.29 is 9.53 Å². The second kappa shape index (κ2) is 9.73. The number of carbonyl (C=O) groups is 1. The fourth-order valence-electron chi connectivity index (χ4n) is 4.31. The fourth-order valence-corrected chi connectivity index (χ4v) is 5.26. The van der Waals surface area contributed by atoms with E-state index in [0.717, 1.165) is 30.1 Å². The number of thioether (sulfide) groups is 1. The first-order chi connectivity index (χ1) is 15.5. The van der Waals surface area contributed by atoms with Gasteiger partial charge in [0.25, 0.3) is 0 Å². The number of hydrogen-bond donors (Lipinski definition) is 0. The molecule has 4 rings (SSSR count). The second-order valence-electron chi connectivity index (χ2n) is 8.52. The van der Waals surface area contributed by atoms with Crippen molar-refractivity contribution in [3.8, 4) is 22.8 Å². The van der Waals surface area contributed by atoms with Crippen LogP contribution in [-0.2, 0) is 4.79 Å². The van der Waals surface area contributed by atoms with Gasteiger partial charge < -0.3 is 9.64 Å². The minimum atomic E-state index is -0.265. The summed E-state index contributed by atoms with van der Waals surface area (Å²) in [7, 11) is 1.65. The Morgan fingerprint density at radius 2 is 1.72 bits per heavy atom. The first kappa shape index (κ1) is 22.3. The van der Waals surface area contributed by atoms with E-state index in [1.165, 1.54) is 18.2 Å². The van der Waals surface area contributed by atoms with E-state index in [9.17, 15) is 4.79 Å². The molecule has 1 fully saturated rings. The maximum atomic E-state index is 13.2. The van der Waals surface area contributed by atoms with E-state index in [4.69, 9.17) is 4.74 Å². The van der Waals surface area contributed by atoms with E-state index in [0.29, 0.717) is 22.8 Å². The first-order valence-electron chi connectivity index (χ1n) is 10.9. The zero-order valence-corrected chi connectivity index (χ0v) is 19.7. The zero-order chi connectivity index (χ0) is 22.7. The molecule has 0 saturated carbocycles. The lowest BCUT2D eigenvalue weighted by atomic mass is 9.92. The highest BCUT2D eigenvalue weighted by Gasteiger charge is 2.30. The Balaban J connectivity index is 1.64. The molecule has 8 heteroatoms. The van der Waals surface area contributed by atoms with Gasteiger partial charge in [-0.3, -0.25) is 14.3 Å². The van der Waals surface area contributed by atoms with Gasteiger partial charge >= 0.3 is 0 Å². The number of rotatable bonds is 6. The van der Waals surface area contributed by atoms with Crippen LogP contribution >= 0.6 is 11.8 Å². The van der Waals surface area contributed by atoms with Gasteiger partial charge in [-0.1, -0.05) is 25.6 Å². The first-order valence-corrected chi connectivity index (χ1v) is 11.8. The molecule has 1 saturated heterocycles. The van der Waals surface area contributed by atoms with Gasteiger partial charge in [-0.25, -0.2) is 0 Å². The Hall–Kier alpha value is -2.87. The van der Waals surface area contributed by atoms with Gasteiger partial charge in [0, 0.05) is 36.7 Å². The summed E-state index contributed by atoms with van der Waals surface area (Å²) in [5, 5.41) is 9.34. The fraction of sp³-hybridized carbons (Fsp3) is 0.417. The minimum absolute atomic E-state index is 0.156. The average molecular weight is 452 g/mol. The van der Waals surface area contributed by atoms with Crippen LogP contribution in [0.5, 0.6) is 5.75 Å². The molecule has 3 heterocycles. The van der Waals surface area contributed by atoms with Crippen LogP contribution < -0.4 is 4.74 Å². The Morgan fingerprint density at radius 1 is 1.06 bits per heavy atom. The van der Waals surface area contributed by atoms with E-state index in [-0.39, 0.29) is 11.2 Å². The summed E-state index contributed by atoms with van der Waals surface area (Å²) in [6, 6.07) is 11.6. The SMILES string of the molecule is COc1ccc(-n2c(S[C@H](C)C(=O)N3C[C@@H](C)C[C@H](C)C3)nnc2-c2ccncc2)cc1. The Bertz CT molecular complexity index is 1040. The van der Waals surface area contributed by atoms with Crippen molar-refractivity contribution in [2.75, 3.05) is 20.2 Å². The Morgan fingerprint density at radius 3 is 2.34 bits per heavy atom. The summed E-state index contributed by atoms with van der Waals surface area (Å²) in [6.07, 6.45) is 4.65. The number of ether oxygens (including phenoxy) is 1. The average Bonchev–Trinajstić information content (AvgIpc) is 3.22. The summed E-state index contributed by atoms with van der Waals surface area (Å²) in [6.45, 7) is 8.03. The number of benzene rings is 1. The number of carbonyl (C=O) groups excluding carboxylic acids is 1. The number of hydrogen-bond acceptors (Lipinski definition) is 6. The molecule has 0 bridgehead atoms. The summed E-state index contributed by atoms with van der Waals surface area (Å²) in [5.74, 6) is 2.70. The van der Waals surface area contributed by atoms with Crippen LogP contribution in [0.2, 0.25) is 0 Å². The third-order valence-electron chi connectivity index (χ3n) is 5.71. The van der Waals surface area contributed by atoms with Gasteiger partial charge in [-0.2, -0.15) is 0 Å². The molecule has 1 aromatic carbocycles. The molecule has 0 N–H and O–H groups in total. The van der Waals surface area contributed by atoms with Crippen LogP contribution in [0.1, 0.15) is 27.2 Å². The van der Waals surface area contributed by atoms with Crippen LogP contribution in [-0.4, -0.2) is 56.0 Å². The van der Waals surface area contributed by atoms with Crippen molar-refractivity contribution in [2.45, 2.75) is 37.6 Å². The number of piperidine rings is 1. The molecular formula is C24H29N5O2S. The highest BCUT2D eigenvalue weighted by Crippen LogP contribution is 2.32. The highest BCUT2D eigenvalue weighted by molar-refractivity contribution is 8.00. The third-order valence-corrected chi connectivity index (χ3v) is 6.74. The summed E-state index contributed by atoms with van der Waals surface area (Å²) in [5.41, 5.74) is 1.82. The Labute approximate surface area is 193 Å². The number of aromatic nitrogens is 4. The third kappa shape index (κ3) is 4.80. The lowest BCUT2D eigenvalue weighted by Gasteiger charge is -2.36. The van der Waals surface area contributed by atoms with Gasteiger partial charge in [0.1, 0.15) is 5.75 Å². The number of amides is 1. The topological polar surface area (TPSA) is 73.1 Å². The molecule has 2 aromatic heterocycles. The monoisotopic (exact) mass is 451 g/mol. The zero-order valence-electron chi connectivity index (χ0n) is 18.9. The van der Waals surface area contributed by atoms with Crippen LogP contribution in [0.25, 0.3) is 17.1 Å². The molecule has 1 aliphatic heterocycles. The van der Waals surface area contributed by atoms with Crippen molar-refractivity contribution in [2.24, 2.45) is 11.8 Å². The number of pyridine rings is 1. The summed E-state index contributed by atoms with van der Waals surface area (Å²) >= 11 is 1.45. The standard InChI is InChI=1S/C24H29N5O2S/c1-16-13-17(2)15-28(14-16)23(30)18(3)32-24-27-26-22(19-9-11-25-12-10-19)29(24)20-5-7-21(31-4)8-6-20/h5-12,16-18H,13-15H2,1-4H3/t16-,17-,18+/m0/s1. The molecule has 0 spiro atoms. The molecule has 3 aromatic rings. The number of methoxy groups -OCH3 is 1. The molecule has 0 unspecified atom stereocenters. The quantitative estimate of drug-likeness (QED) is 0.520. The summed E-state index contributed by atoms with van der Waals surface area (Å²) < 4.78 is 7.30. The Kier molecular flexibility index (Phi) is 6.79. The maximum absolute atomic E-state index is 13.2. The van der Waals surface area contributed by atoms with Crippen LogP contribution in [0.3, 0.4) is 0 Å². The van der Waals surface area contributed by atoms with Crippen molar-refractivity contribution in [3.05, 3.63) is 48.8 Å². The lowest BCUT2D eigenvalue weighted by Crippen LogP contribution is -2.45. The van der Waals surface area contributed by atoms with Gasteiger partial charge in [0.05, 0.1) is 12.4 Å². The second-order valence-corrected chi connectivity index (χ2v) is 9.83. The normalized spacial score (nSPS) is 19.6. The van der Waals surface area contributed by atoms with Crippen LogP contribution in [0.4, 0.5) is 0 Å². The maximum Gasteiger partial charge on any atom is 0.235 e. The molecule has 3 atom stereocenters. The lowest BCUT2D eigenvalue weighted by molar-refractivity contribution is -0.132. The van der Waals surface area contributed by atoms with E-state index < -0.39 is 0 Å². The van der Waals surface area contributed by atoms with Crippen molar-refractivity contribution in [1.29, 1.82) is 0 Å². The van der Waals surface area contributed by atoms with Gasteiger partial charge in [0.2, 0.25) is 5.91 Å². The molecule has 168 valence electrons. The molecule has 1 aliphatic rings. The largest absolute Gasteiger partial charge is 0.497 e. The number of nitrogens with zero attached hydrogens (tertiary/aromatic N) is 5.